The van der Waals surface area contributed by atoms with Gasteiger partial charge in [-0.1, -0.05) is 11.3 Å². The van der Waals surface area contributed by atoms with Crippen molar-refractivity contribution in [3.63, 3.8) is 0 Å². The van der Waals surface area contributed by atoms with Crippen LogP contribution in [0.1, 0.15) is 22.2 Å². The van der Waals surface area contributed by atoms with E-state index in [0.29, 0.717) is 17.6 Å². The molecule has 0 spiro atoms. The van der Waals surface area contributed by atoms with Gasteiger partial charge in [0, 0.05) is 23.1 Å². The van der Waals surface area contributed by atoms with Crippen molar-refractivity contribution in [3.8, 4) is 0 Å². The van der Waals surface area contributed by atoms with Crippen molar-refractivity contribution in [2.45, 2.75) is 20.0 Å². The van der Waals surface area contributed by atoms with Crippen LogP contribution in [0, 0.1) is 11.6 Å². The average Bonchev–Trinajstić information content (AvgIpc) is 3.35. The van der Waals surface area contributed by atoms with Crippen molar-refractivity contribution in [3.05, 3.63) is 76.0 Å². The third-order valence-electron chi connectivity index (χ3n) is 4.40. The standard InChI is InChI=1S/C20H16F2N4OS/c1-2-26-19-7-5-13(10-17(19)23-24-26)20(27)25(12-15-4-3-9-28-15)18-8-6-14(21)11-16(18)22/h3-11H,2,12H2,1H3. The minimum Gasteiger partial charge on any atom is -0.300 e. The number of hydrogen-bond donors (Lipinski definition) is 0. The smallest absolute Gasteiger partial charge is 0.258 e. The van der Waals surface area contributed by atoms with Gasteiger partial charge >= 0.3 is 0 Å². The lowest BCUT2D eigenvalue weighted by atomic mass is 10.1. The number of hydrogen-bond acceptors (Lipinski definition) is 4. The normalized spacial score (nSPS) is 11.1. The van der Waals surface area contributed by atoms with Crippen molar-refractivity contribution in [1.82, 2.24) is 15.0 Å². The number of carbonyl (C=O) groups is 1. The third-order valence-corrected chi connectivity index (χ3v) is 5.26. The Hall–Kier alpha value is -3.13. The Labute approximate surface area is 163 Å². The molecule has 0 N–H and O–H groups in total. The van der Waals surface area contributed by atoms with Crippen LogP contribution in [0.4, 0.5) is 14.5 Å². The average molecular weight is 398 g/mol. The molecule has 28 heavy (non-hydrogen) atoms. The van der Waals surface area contributed by atoms with Gasteiger partial charge in [0.15, 0.2) is 0 Å². The lowest BCUT2D eigenvalue weighted by Gasteiger charge is -2.23. The molecule has 8 heteroatoms. The SMILES string of the molecule is CCn1nnc2cc(C(=O)N(Cc3cccs3)c3ccc(F)cc3F)ccc21. The first kappa shape index (κ1) is 18.2. The summed E-state index contributed by atoms with van der Waals surface area (Å²) in [6.45, 7) is 2.79. The van der Waals surface area contributed by atoms with E-state index in [1.165, 1.54) is 22.3 Å². The predicted molar refractivity (Wildman–Crippen MR) is 104 cm³/mol. The molecule has 142 valence electrons. The zero-order valence-electron chi connectivity index (χ0n) is 15.0. The highest BCUT2D eigenvalue weighted by Crippen LogP contribution is 2.26. The molecular formula is C20H16F2N4OS. The molecule has 0 radical (unpaired) electrons. The van der Waals surface area contributed by atoms with E-state index >= 15 is 0 Å². The first-order valence-electron chi connectivity index (χ1n) is 8.69. The van der Waals surface area contributed by atoms with E-state index in [4.69, 9.17) is 0 Å². The van der Waals surface area contributed by atoms with Gasteiger partial charge in [0.25, 0.3) is 5.91 Å². The molecule has 0 atom stereocenters. The number of rotatable bonds is 5. The summed E-state index contributed by atoms with van der Waals surface area (Å²) in [5, 5.41) is 10.0. The van der Waals surface area contributed by atoms with Gasteiger partial charge in [-0.2, -0.15) is 0 Å². The molecule has 2 heterocycles. The van der Waals surface area contributed by atoms with Crippen molar-refractivity contribution < 1.29 is 13.6 Å². The van der Waals surface area contributed by atoms with Crippen molar-refractivity contribution in [2.24, 2.45) is 0 Å². The minimum atomic E-state index is -0.789. The number of anilines is 1. The number of aromatic nitrogens is 3. The second-order valence-corrected chi connectivity index (χ2v) is 7.21. The molecular weight excluding hydrogens is 382 g/mol. The Morgan fingerprint density at radius 2 is 2.04 bits per heavy atom. The molecule has 4 aromatic rings. The number of thiophene rings is 1. The lowest BCUT2D eigenvalue weighted by Crippen LogP contribution is -2.31. The summed E-state index contributed by atoms with van der Waals surface area (Å²) >= 11 is 1.46. The van der Waals surface area contributed by atoms with Crippen LogP contribution in [-0.4, -0.2) is 20.9 Å². The fraction of sp³-hybridized carbons (Fsp3) is 0.150. The van der Waals surface area contributed by atoms with Gasteiger partial charge in [-0.15, -0.1) is 16.4 Å². The Kier molecular flexibility index (Phi) is 4.87. The van der Waals surface area contributed by atoms with E-state index < -0.39 is 17.5 Å². The molecule has 0 saturated heterocycles. The molecule has 0 unspecified atom stereocenters. The van der Waals surface area contributed by atoms with Crippen molar-refractivity contribution in [2.75, 3.05) is 4.90 Å². The lowest BCUT2D eigenvalue weighted by molar-refractivity contribution is 0.0984. The van der Waals surface area contributed by atoms with Gasteiger partial charge < -0.3 is 4.90 Å². The second-order valence-electron chi connectivity index (χ2n) is 6.18. The molecule has 0 aliphatic carbocycles. The molecule has 0 aliphatic heterocycles. The molecule has 0 saturated carbocycles. The summed E-state index contributed by atoms with van der Waals surface area (Å²) in [7, 11) is 0. The molecule has 1 amide bonds. The van der Waals surface area contributed by atoms with E-state index in [-0.39, 0.29) is 12.2 Å². The van der Waals surface area contributed by atoms with Crippen LogP contribution in [0.25, 0.3) is 11.0 Å². The van der Waals surface area contributed by atoms with Gasteiger partial charge in [-0.25, -0.2) is 13.5 Å². The van der Waals surface area contributed by atoms with E-state index in [2.05, 4.69) is 10.3 Å². The van der Waals surface area contributed by atoms with E-state index in [9.17, 15) is 13.6 Å². The van der Waals surface area contributed by atoms with Crippen LogP contribution >= 0.6 is 11.3 Å². The van der Waals surface area contributed by atoms with E-state index in [1.807, 2.05) is 24.4 Å². The van der Waals surface area contributed by atoms with Crippen LogP contribution in [0.2, 0.25) is 0 Å². The maximum absolute atomic E-state index is 14.5. The highest BCUT2D eigenvalue weighted by Gasteiger charge is 2.23. The Balaban J connectivity index is 1.75. The maximum Gasteiger partial charge on any atom is 0.258 e. The van der Waals surface area contributed by atoms with Crippen LogP contribution in [0.5, 0.6) is 0 Å². The van der Waals surface area contributed by atoms with Crippen LogP contribution in [0.3, 0.4) is 0 Å². The Bertz CT molecular complexity index is 1140. The van der Waals surface area contributed by atoms with E-state index in [0.717, 1.165) is 22.5 Å². The summed E-state index contributed by atoms with van der Waals surface area (Å²) in [5.41, 5.74) is 1.79. The van der Waals surface area contributed by atoms with Gasteiger partial charge in [-0.3, -0.25) is 4.79 Å². The van der Waals surface area contributed by atoms with Crippen LogP contribution < -0.4 is 4.90 Å². The summed E-state index contributed by atoms with van der Waals surface area (Å²) in [6, 6.07) is 12.0. The number of benzene rings is 2. The van der Waals surface area contributed by atoms with Crippen LogP contribution in [-0.2, 0) is 13.1 Å². The Morgan fingerprint density at radius 3 is 2.75 bits per heavy atom. The quantitative estimate of drug-likeness (QED) is 0.492. The minimum absolute atomic E-state index is 0.0251. The molecule has 4 rings (SSSR count). The number of nitrogens with zero attached hydrogens (tertiary/aromatic N) is 4. The molecule has 0 bridgehead atoms. The summed E-state index contributed by atoms with van der Waals surface area (Å²) in [6.07, 6.45) is 0. The predicted octanol–water partition coefficient (Wildman–Crippen LogP) is 4.64. The highest BCUT2D eigenvalue weighted by atomic mass is 32.1. The fourth-order valence-corrected chi connectivity index (χ4v) is 3.71. The topological polar surface area (TPSA) is 51.0 Å². The summed E-state index contributed by atoms with van der Waals surface area (Å²) in [5.74, 6) is -1.88. The number of carbonyl (C=O) groups excluding carboxylic acids is 1. The molecule has 0 aliphatic rings. The van der Waals surface area contributed by atoms with Crippen molar-refractivity contribution >= 4 is 34.0 Å². The number of halogens is 2. The summed E-state index contributed by atoms with van der Waals surface area (Å²) < 4.78 is 29.5. The second kappa shape index (κ2) is 7.47. The number of fused-ring (bicyclic) bond motifs is 1. The molecule has 5 nitrogen and oxygen atoms in total. The van der Waals surface area contributed by atoms with Gasteiger partial charge in [0.05, 0.1) is 17.7 Å². The molecule has 0 fully saturated rings. The first-order valence-corrected chi connectivity index (χ1v) is 9.57. The van der Waals surface area contributed by atoms with Gasteiger partial charge in [-0.05, 0) is 48.7 Å². The zero-order valence-corrected chi connectivity index (χ0v) is 15.8. The molecule has 2 aromatic heterocycles. The Morgan fingerprint density at radius 1 is 1.18 bits per heavy atom. The number of aryl methyl sites for hydroxylation is 1. The fourth-order valence-electron chi connectivity index (χ4n) is 3.02. The third kappa shape index (κ3) is 3.38. The van der Waals surface area contributed by atoms with E-state index in [1.54, 1.807) is 22.9 Å². The monoisotopic (exact) mass is 398 g/mol. The first-order chi connectivity index (χ1) is 13.6. The maximum atomic E-state index is 14.5. The number of amides is 1. The molecule has 2 aromatic carbocycles. The zero-order chi connectivity index (χ0) is 19.7. The largest absolute Gasteiger partial charge is 0.300 e. The highest BCUT2D eigenvalue weighted by molar-refractivity contribution is 7.09. The van der Waals surface area contributed by atoms with Gasteiger partial charge in [0.1, 0.15) is 17.2 Å². The van der Waals surface area contributed by atoms with Crippen LogP contribution in [0.15, 0.2) is 53.9 Å². The summed E-state index contributed by atoms with van der Waals surface area (Å²) in [4.78, 5) is 15.4. The van der Waals surface area contributed by atoms with Gasteiger partial charge in [0.2, 0.25) is 0 Å². The van der Waals surface area contributed by atoms with Crippen molar-refractivity contribution in [1.29, 1.82) is 0 Å².